The molecule has 9 heteroatoms. The third-order valence-electron chi connectivity index (χ3n) is 5.60. The Morgan fingerprint density at radius 1 is 1.03 bits per heavy atom. The second-order valence-corrected chi connectivity index (χ2v) is 8.09. The molecule has 2 N–H and O–H groups in total. The average Bonchev–Trinajstić information content (AvgIpc) is 3.24. The molecular weight excluding hydrogens is 438 g/mol. The molecule has 0 aromatic heterocycles. The monoisotopic (exact) mass is 469 g/mol. The first-order valence-electron chi connectivity index (χ1n) is 11.2. The highest BCUT2D eigenvalue weighted by atomic mass is 16.5. The molecule has 0 bridgehead atoms. The first-order valence-corrected chi connectivity index (χ1v) is 11.2. The lowest BCUT2D eigenvalue weighted by atomic mass is 10.1. The molecule has 2 aromatic rings. The number of unbranched alkanes of at least 4 members (excludes halogenated alkanes) is 1. The van der Waals surface area contributed by atoms with Gasteiger partial charge < -0.3 is 19.1 Å². The van der Waals surface area contributed by atoms with Crippen LogP contribution in [0.3, 0.4) is 0 Å². The van der Waals surface area contributed by atoms with Gasteiger partial charge >= 0.3 is 0 Å². The summed E-state index contributed by atoms with van der Waals surface area (Å²) in [4.78, 5) is 39.4. The van der Waals surface area contributed by atoms with E-state index in [1.54, 1.807) is 29.2 Å². The molecule has 2 aromatic carbocycles. The number of carbonyl (C=O) groups is 3. The van der Waals surface area contributed by atoms with Crippen LogP contribution >= 0.6 is 0 Å². The Bertz CT molecular complexity index is 1050. The van der Waals surface area contributed by atoms with Gasteiger partial charge in [-0.05, 0) is 49.2 Å². The zero-order valence-corrected chi connectivity index (χ0v) is 20.0. The minimum Gasteiger partial charge on any atom is -0.495 e. The van der Waals surface area contributed by atoms with Gasteiger partial charge in [0, 0.05) is 18.5 Å². The Morgan fingerprint density at radius 3 is 2.47 bits per heavy atom. The van der Waals surface area contributed by atoms with Gasteiger partial charge in [0.15, 0.2) is 11.5 Å². The number of hydrazine groups is 1. The van der Waals surface area contributed by atoms with Crippen molar-refractivity contribution in [3.63, 3.8) is 0 Å². The lowest BCUT2D eigenvalue weighted by molar-refractivity contribution is -0.126. The molecular formula is C25H31N3O6. The van der Waals surface area contributed by atoms with Gasteiger partial charge in [0.1, 0.15) is 5.75 Å². The molecule has 9 nitrogen and oxygen atoms in total. The molecule has 1 saturated heterocycles. The highest BCUT2D eigenvalue weighted by molar-refractivity contribution is 6.02. The van der Waals surface area contributed by atoms with E-state index < -0.39 is 17.7 Å². The number of methoxy groups -OCH3 is 2. The SMILES string of the molecule is CCCCOc1ccc(C(=O)NNC(=O)C2CC(=O)N(c3cc(C)ccc3OC)C2)cc1OC. The normalized spacial score (nSPS) is 15.1. The fourth-order valence-electron chi connectivity index (χ4n) is 3.67. The molecule has 3 amide bonds. The molecule has 182 valence electrons. The van der Waals surface area contributed by atoms with E-state index in [-0.39, 0.29) is 18.9 Å². The van der Waals surface area contributed by atoms with Crippen LogP contribution in [0.1, 0.15) is 42.1 Å². The second-order valence-electron chi connectivity index (χ2n) is 8.09. The zero-order chi connectivity index (χ0) is 24.7. The van der Waals surface area contributed by atoms with Crippen molar-refractivity contribution in [3.05, 3.63) is 47.5 Å². The van der Waals surface area contributed by atoms with E-state index in [1.165, 1.54) is 14.2 Å². The highest BCUT2D eigenvalue weighted by Crippen LogP contribution is 2.34. The molecule has 34 heavy (non-hydrogen) atoms. The summed E-state index contributed by atoms with van der Waals surface area (Å²) >= 11 is 0. The summed E-state index contributed by atoms with van der Waals surface area (Å²) in [5.41, 5.74) is 6.74. The van der Waals surface area contributed by atoms with E-state index in [0.717, 1.165) is 18.4 Å². The van der Waals surface area contributed by atoms with Crippen LogP contribution in [0.5, 0.6) is 17.2 Å². The number of carbonyl (C=O) groups excluding carboxylic acids is 3. The van der Waals surface area contributed by atoms with Crippen LogP contribution in [0.2, 0.25) is 0 Å². The van der Waals surface area contributed by atoms with Crippen molar-refractivity contribution in [1.29, 1.82) is 0 Å². The first kappa shape index (κ1) is 24.9. The quantitative estimate of drug-likeness (QED) is 0.432. The molecule has 0 spiro atoms. The van der Waals surface area contributed by atoms with Gasteiger partial charge in [-0.15, -0.1) is 0 Å². The molecule has 0 saturated carbocycles. The van der Waals surface area contributed by atoms with Gasteiger partial charge in [-0.25, -0.2) is 0 Å². The first-order chi connectivity index (χ1) is 16.4. The van der Waals surface area contributed by atoms with Crippen molar-refractivity contribution >= 4 is 23.4 Å². The molecule has 1 aliphatic heterocycles. The van der Waals surface area contributed by atoms with E-state index in [0.29, 0.717) is 35.1 Å². The summed E-state index contributed by atoms with van der Waals surface area (Å²) < 4.78 is 16.4. The lowest BCUT2D eigenvalue weighted by Gasteiger charge is -2.20. The van der Waals surface area contributed by atoms with E-state index in [2.05, 4.69) is 17.8 Å². The number of aryl methyl sites for hydroxylation is 1. The van der Waals surface area contributed by atoms with Crippen LogP contribution in [-0.4, -0.2) is 45.1 Å². The number of anilines is 1. The molecule has 0 radical (unpaired) electrons. The van der Waals surface area contributed by atoms with Crippen LogP contribution < -0.4 is 30.0 Å². The number of nitrogens with one attached hydrogen (secondary N) is 2. The second kappa shape index (κ2) is 11.4. The minimum absolute atomic E-state index is 0.0381. The molecule has 1 atom stereocenters. The van der Waals surface area contributed by atoms with Crippen molar-refractivity contribution in [2.24, 2.45) is 5.92 Å². The van der Waals surface area contributed by atoms with Crippen LogP contribution in [0.25, 0.3) is 0 Å². The van der Waals surface area contributed by atoms with Crippen molar-refractivity contribution < 1.29 is 28.6 Å². The summed E-state index contributed by atoms with van der Waals surface area (Å²) in [6.07, 6.45) is 1.96. The number of hydrogen-bond acceptors (Lipinski definition) is 6. The number of amides is 3. The number of hydrogen-bond donors (Lipinski definition) is 2. The average molecular weight is 470 g/mol. The summed E-state index contributed by atoms with van der Waals surface area (Å²) in [7, 11) is 3.03. The van der Waals surface area contributed by atoms with Crippen LogP contribution in [0.15, 0.2) is 36.4 Å². The standard InChI is InChI=1S/C25H31N3O6/c1-5-6-11-34-21-10-8-17(13-22(21)33-4)24(30)26-27-25(31)18-14-23(29)28(15-18)19-12-16(2)7-9-20(19)32-3/h7-10,12-13,18H,5-6,11,14-15H2,1-4H3,(H,26,30)(H,27,31). The molecule has 1 fully saturated rings. The van der Waals surface area contributed by atoms with E-state index in [1.807, 2.05) is 19.1 Å². The maximum atomic E-state index is 12.7. The zero-order valence-electron chi connectivity index (χ0n) is 20.0. The minimum atomic E-state index is -0.609. The van der Waals surface area contributed by atoms with Crippen molar-refractivity contribution in [2.75, 3.05) is 32.3 Å². The number of nitrogens with zero attached hydrogens (tertiary/aromatic N) is 1. The van der Waals surface area contributed by atoms with Gasteiger partial charge in [-0.3, -0.25) is 25.2 Å². The highest BCUT2D eigenvalue weighted by Gasteiger charge is 2.36. The molecule has 1 unspecified atom stereocenters. The van der Waals surface area contributed by atoms with Crippen LogP contribution in [-0.2, 0) is 9.59 Å². The smallest absolute Gasteiger partial charge is 0.269 e. The van der Waals surface area contributed by atoms with Gasteiger partial charge in [0.05, 0.1) is 32.4 Å². The number of rotatable bonds is 9. The molecule has 0 aliphatic carbocycles. The Labute approximate surface area is 199 Å². The maximum Gasteiger partial charge on any atom is 0.269 e. The van der Waals surface area contributed by atoms with Crippen LogP contribution in [0, 0.1) is 12.8 Å². The maximum absolute atomic E-state index is 12.7. The predicted molar refractivity (Wildman–Crippen MR) is 127 cm³/mol. The summed E-state index contributed by atoms with van der Waals surface area (Å²) in [6, 6.07) is 10.3. The summed E-state index contributed by atoms with van der Waals surface area (Å²) in [5.74, 6) is -0.201. The van der Waals surface area contributed by atoms with E-state index in [4.69, 9.17) is 14.2 Å². The summed E-state index contributed by atoms with van der Waals surface area (Å²) in [5, 5.41) is 0. The van der Waals surface area contributed by atoms with Crippen molar-refractivity contribution in [3.8, 4) is 17.2 Å². The van der Waals surface area contributed by atoms with Gasteiger partial charge in [-0.1, -0.05) is 19.4 Å². The Morgan fingerprint density at radius 2 is 1.76 bits per heavy atom. The lowest BCUT2D eigenvalue weighted by Crippen LogP contribution is -2.45. The van der Waals surface area contributed by atoms with Crippen molar-refractivity contribution in [1.82, 2.24) is 10.9 Å². The molecule has 1 heterocycles. The largest absolute Gasteiger partial charge is 0.495 e. The Balaban J connectivity index is 1.60. The summed E-state index contributed by atoms with van der Waals surface area (Å²) in [6.45, 7) is 4.74. The third-order valence-corrected chi connectivity index (χ3v) is 5.60. The molecule has 1 aliphatic rings. The van der Waals surface area contributed by atoms with E-state index >= 15 is 0 Å². The number of ether oxygens (including phenoxy) is 3. The van der Waals surface area contributed by atoms with Crippen LogP contribution in [0.4, 0.5) is 5.69 Å². The topological polar surface area (TPSA) is 106 Å². The predicted octanol–water partition coefficient (Wildman–Crippen LogP) is 3.01. The fraction of sp³-hybridized carbons (Fsp3) is 0.400. The Hall–Kier alpha value is -3.75. The van der Waals surface area contributed by atoms with Crippen molar-refractivity contribution in [2.45, 2.75) is 33.1 Å². The van der Waals surface area contributed by atoms with E-state index in [9.17, 15) is 14.4 Å². The van der Waals surface area contributed by atoms with Gasteiger partial charge in [0.2, 0.25) is 11.8 Å². The Kier molecular flexibility index (Phi) is 8.34. The number of benzene rings is 2. The molecule has 3 rings (SSSR count). The van der Waals surface area contributed by atoms with Gasteiger partial charge in [-0.2, -0.15) is 0 Å². The fourth-order valence-corrected chi connectivity index (χ4v) is 3.67. The van der Waals surface area contributed by atoms with Gasteiger partial charge in [0.25, 0.3) is 5.91 Å². The third kappa shape index (κ3) is 5.78.